The van der Waals surface area contributed by atoms with Crippen LogP contribution in [0.2, 0.25) is 0 Å². The van der Waals surface area contributed by atoms with E-state index < -0.39 is 0 Å². The molecule has 1 heterocycles. The van der Waals surface area contributed by atoms with Crippen LogP contribution < -0.4 is 17.2 Å². The second-order valence-corrected chi connectivity index (χ2v) is 3.38. The minimum Gasteiger partial charge on any atom is -0.370 e. The maximum Gasteiger partial charge on any atom is 0.234 e. The zero-order valence-corrected chi connectivity index (χ0v) is 8.45. The molecule has 14 heavy (non-hydrogen) atoms. The second-order valence-electron chi connectivity index (χ2n) is 2.34. The highest BCUT2D eigenvalue weighted by molar-refractivity contribution is 7.14. The van der Waals surface area contributed by atoms with Crippen molar-refractivity contribution in [1.29, 1.82) is 0 Å². The average molecular weight is 213 g/mol. The quantitative estimate of drug-likeness (QED) is 0.443. The van der Waals surface area contributed by atoms with E-state index in [1.54, 1.807) is 0 Å². The third-order valence-corrected chi connectivity index (χ3v) is 2.17. The molecule has 6 N–H and O–H groups in total. The summed E-state index contributed by atoms with van der Waals surface area (Å²) in [6.45, 7) is 1.98. The predicted molar refractivity (Wildman–Crippen MR) is 56.4 cm³/mol. The van der Waals surface area contributed by atoms with Gasteiger partial charge in [0.2, 0.25) is 11.1 Å². The van der Waals surface area contributed by atoms with Crippen LogP contribution in [-0.4, -0.2) is 22.1 Å². The second kappa shape index (κ2) is 4.51. The van der Waals surface area contributed by atoms with E-state index in [-0.39, 0.29) is 11.9 Å². The van der Waals surface area contributed by atoms with Gasteiger partial charge in [0.1, 0.15) is 5.01 Å². The zero-order valence-electron chi connectivity index (χ0n) is 7.64. The molecule has 0 unspecified atom stereocenters. The Balaban J connectivity index is 2.81. The van der Waals surface area contributed by atoms with Gasteiger partial charge in [0.05, 0.1) is 0 Å². The SMILES string of the molecule is CCc1nnc(/N=C(\N)N=C(N)N)s1. The normalized spacial score (nSPS) is 11.4. The molecule has 76 valence electrons. The summed E-state index contributed by atoms with van der Waals surface area (Å²) in [5.74, 6) is -0.157. The van der Waals surface area contributed by atoms with Crippen molar-refractivity contribution in [3.05, 3.63) is 5.01 Å². The Labute approximate surface area is 84.7 Å². The lowest BCUT2D eigenvalue weighted by atomic mass is 10.5. The lowest BCUT2D eigenvalue weighted by molar-refractivity contribution is 0.981. The summed E-state index contributed by atoms with van der Waals surface area (Å²) in [4.78, 5) is 7.41. The fraction of sp³-hybridized carbons (Fsp3) is 0.333. The fourth-order valence-electron chi connectivity index (χ4n) is 0.688. The van der Waals surface area contributed by atoms with Crippen molar-refractivity contribution in [1.82, 2.24) is 10.2 Å². The van der Waals surface area contributed by atoms with Crippen molar-refractivity contribution >= 4 is 28.4 Å². The summed E-state index contributed by atoms with van der Waals surface area (Å²) in [6, 6.07) is 0. The van der Waals surface area contributed by atoms with Crippen molar-refractivity contribution in [2.75, 3.05) is 0 Å². The van der Waals surface area contributed by atoms with E-state index in [2.05, 4.69) is 20.2 Å². The lowest BCUT2D eigenvalue weighted by Gasteiger charge is -1.90. The molecule has 0 saturated heterocycles. The Morgan fingerprint density at radius 2 is 2.07 bits per heavy atom. The van der Waals surface area contributed by atoms with Crippen molar-refractivity contribution in [2.45, 2.75) is 13.3 Å². The number of hydrogen-bond donors (Lipinski definition) is 3. The number of aromatic nitrogens is 2. The van der Waals surface area contributed by atoms with E-state index >= 15 is 0 Å². The summed E-state index contributed by atoms with van der Waals surface area (Å²) in [5, 5.41) is 8.98. The highest BCUT2D eigenvalue weighted by Crippen LogP contribution is 2.18. The van der Waals surface area contributed by atoms with Crippen LogP contribution in [0.25, 0.3) is 0 Å². The predicted octanol–water partition coefficient (Wildman–Crippen LogP) is -0.680. The lowest BCUT2D eigenvalue weighted by Crippen LogP contribution is -2.26. The summed E-state index contributed by atoms with van der Waals surface area (Å²) >= 11 is 1.35. The summed E-state index contributed by atoms with van der Waals surface area (Å²) in [6.07, 6.45) is 0.815. The number of guanidine groups is 2. The number of hydrogen-bond acceptors (Lipinski definition) is 4. The van der Waals surface area contributed by atoms with Crippen LogP contribution in [0.5, 0.6) is 0 Å². The monoisotopic (exact) mass is 213 g/mol. The molecule has 0 radical (unpaired) electrons. The first-order chi connectivity index (χ1) is 6.61. The molecule has 0 aromatic carbocycles. The Morgan fingerprint density at radius 3 is 2.57 bits per heavy atom. The van der Waals surface area contributed by atoms with E-state index in [4.69, 9.17) is 17.2 Å². The van der Waals surface area contributed by atoms with Gasteiger partial charge in [-0.2, -0.15) is 9.98 Å². The van der Waals surface area contributed by atoms with E-state index in [1.807, 2.05) is 6.92 Å². The van der Waals surface area contributed by atoms with Crippen LogP contribution in [0, 0.1) is 0 Å². The molecule has 1 aromatic rings. The average Bonchev–Trinajstić information content (AvgIpc) is 2.50. The molecule has 1 rings (SSSR count). The van der Waals surface area contributed by atoms with Crippen LogP contribution in [0.15, 0.2) is 9.98 Å². The Bertz CT molecular complexity index is 362. The summed E-state index contributed by atoms with van der Waals surface area (Å²) < 4.78 is 0. The Kier molecular flexibility index (Phi) is 3.35. The number of nitrogens with zero attached hydrogens (tertiary/aromatic N) is 4. The number of nitrogens with two attached hydrogens (primary N) is 3. The standard InChI is InChI=1S/C6H11N7S/c1-2-3-12-13-6(14-3)11-5(9)10-4(7)8/h2H2,1H3,(H6,7,8,9,10,11,13). The zero-order chi connectivity index (χ0) is 10.6. The van der Waals surface area contributed by atoms with Crippen molar-refractivity contribution in [2.24, 2.45) is 27.2 Å². The first-order valence-corrected chi connectivity index (χ1v) is 4.69. The van der Waals surface area contributed by atoms with Crippen molar-refractivity contribution in [3.8, 4) is 0 Å². The molecule has 0 aliphatic rings. The molecule has 0 aliphatic carbocycles. The topological polar surface area (TPSA) is 129 Å². The Hall–Kier alpha value is -1.70. The fourth-order valence-corrected chi connectivity index (χ4v) is 1.35. The molecule has 7 nitrogen and oxygen atoms in total. The molecular formula is C6H11N7S. The van der Waals surface area contributed by atoms with E-state index in [0.29, 0.717) is 5.13 Å². The number of rotatable bonds is 2. The van der Waals surface area contributed by atoms with Crippen molar-refractivity contribution in [3.63, 3.8) is 0 Å². The van der Waals surface area contributed by atoms with E-state index in [0.717, 1.165) is 11.4 Å². The first-order valence-electron chi connectivity index (χ1n) is 3.88. The molecular weight excluding hydrogens is 202 g/mol. The molecule has 1 aromatic heterocycles. The van der Waals surface area contributed by atoms with Crippen LogP contribution in [0.1, 0.15) is 11.9 Å². The number of aliphatic imine (C=N–C) groups is 2. The summed E-state index contributed by atoms with van der Waals surface area (Å²) in [5.41, 5.74) is 15.6. The minimum absolute atomic E-state index is 0.0243. The molecule has 0 bridgehead atoms. The van der Waals surface area contributed by atoms with Crippen LogP contribution >= 0.6 is 11.3 Å². The van der Waals surface area contributed by atoms with E-state index in [9.17, 15) is 0 Å². The van der Waals surface area contributed by atoms with Gasteiger partial charge in [0.25, 0.3) is 0 Å². The molecule has 0 aliphatic heterocycles. The number of aryl methyl sites for hydroxylation is 1. The molecule has 0 amide bonds. The van der Waals surface area contributed by atoms with Crippen LogP contribution in [0.4, 0.5) is 5.13 Å². The van der Waals surface area contributed by atoms with Crippen molar-refractivity contribution < 1.29 is 0 Å². The first kappa shape index (κ1) is 10.4. The van der Waals surface area contributed by atoms with Gasteiger partial charge in [-0.1, -0.05) is 18.3 Å². The maximum atomic E-state index is 5.40. The molecule has 0 atom stereocenters. The smallest absolute Gasteiger partial charge is 0.234 e. The highest BCUT2D eigenvalue weighted by atomic mass is 32.1. The molecule has 8 heteroatoms. The largest absolute Gasteiger partial charge is 0.370 e. The molecule has 0 saturated carbocycles. The Morgan fingerprint density at radius 1 is 1.36 bits per heavy atom. The third-order valence-electron chi connectivity index (χ3n) is 1.21. The van der Waals surface area contributed by atoms with Crippen LogP contribution in [0.3, 0.4) is 0 Å². The van der Waals surface area contributed by atoms with Gasteiger partial charge in [0.15, 0.2) is 5.96 Å². The van der Waals surface area contributed by atoms with Gasteiger partial charge in [-0.05, 0) is 6.42 Å². The van der Waals surface area contributed by atoms with Crippen LogP contribution in [-0.2, 0) is 6.42 Å². The molecule has 0 fully saturated rings. The molecule has 0 spiro atoms. The van der Waals surface area contributed by atoms with Gasteiger partial charge in [-0.3, -0.25) is 0 Å². The van der Waals surface area contributed by atoms with Gasteiger partial charge < -0.3 is 17.2 Å². The summed E-state index contributed by atoms with van der Waals surface area (Å²) in [7, 11) is 0. The van der Waals surface area contributed by atoms with Gasteiger partial charge in [0, 0.05) is 0 Å². The minimum atomic E-state index is -0.133. The highest BCUT2D eigenvalue weighted by Gasteiger charge is 2.00. The third kappa shape index (κ3) is 2.98. The van der Waals surface area contributed by atoms with Gasteiger partial charge in [-0.15, -0.1) is 10.2 Å². The van der Waals surface area contributed by atoms with Gasteiger partial charge >= 0.3 is 0 Å². The van der Waals surface area contributed by atoms with Gasteiger partial charge in [-0.25, -0.2) is 0 Å². The maximum absolute atomic E-state index is 5.40. The van der Waals surface area contributed by atoms with E-state index in [1.165, 1.54) is 11.3 Å².